The van der Waals surface area contributed by atoms with Crippen LogP contribution in [0.3, 0.4) is 0 Å². The fraction of sp³-hybridized carbons (Fsp3) is 0.320. The summed E-state index contributed by atoms with van der Waals surface area (Å²) in [7, 11) is 1.67. The van der Waals surface area contributed by atoms with Crippen molar-refractivity contribution in [3.05, 3.63) is 66.2 Å². The molecule has 0 spiro atoms. The number of nitrogens with one attached hydrogen (secondary N) is 1. The number of benzene rings is 2. The molecule has 0 saturated carbocycles. The number of piperazine rings is 1. The van der Waals surface area contributed by atoms with Crippen molar-refractivity contribution < 1.29 is 4.74 Å². The second-order valence-electron chi connectivity index (χ2n) is 7.87. The number of ether oxygens (including phenoxy) is 1. The molecular formula is C25H31N5O. The molecule has 1 unspecified atom stereocenters. The number of nitrogens with zero attached hydrogens (tertiary/aromatic N) is 2. The smallest absolute Gasteiger partial charge is 0.118 e. The fourth-order valence-corrected chi connectivity index (χ4v) is 3.94. The van der Waals surface area contributed by atoms with Crippen LogP contribution in [0.15, 0.2) is 60.7 Å². The third-order valence-electron chi connectivity index (χ3n) is 5.78. The standard InChI is InChI=1S/C25H31N5O/c1-31-22-8-4-19(5-9-22)25-17-20(23(27)10-11-26)16-24(29-25)18-2-6-21(7-3-18)30-14-12-28-13-15-30/h2-9,16-17,23,28H,10-15,26-27H2,1H3. The highest BCUT2D eigenvalue weighted by Crippen LogP contribution is 2.30. The first-order valence-corrected chi connectivity index (χ1v) is 10.9. The maximum atomic E-state index is 6.43. The van der Waals surface area contributed by atoms with Gasteiger partial charge in [0.25, 0.3) is 0 Å². The van der Waals surface area contributed by atoms with E-state index in [1.807, 2.05) is 24.3 Å². The van der Waals surface area contributed by atoms with E-state index >= 15 is 0 Å². The van der Waals surface area contributed by atoms with Crippen LogP contribution < -0.4 is 26.4 Å². The minimum Gasteiger partial charge on any atom is -0.497 e. The van der Waals surface area contributed by atoms with E-state index in [0.717, 1.165) is 66.4 Å². The Hall–Kier alpha value is -2.93. The van der Waals surface area contributed by atoms with Gasteiger partial charge in [-0.2, -0.15) is 0 Å². The van der Waals surface area contributed by atoms with E-state index in [2.05, 4.69) is 46.6 Å². The quantitative estimate of drug-likeness (QED) is 0.547. The van der Waals surface area contributed by atoms with Gasteiger partial charge in [-0.05, 0) is 67.1 Å². The molecule has 1 aliphatic heterocycles. The van der Waals surface area contributed by atoms with Crippen LogP contribution in [-0.4, -0.2) is 44.8 Å². The topological polar surface area (TPSA) is 89.4 Å². The van der Waals surface area contributed by atoms with E-state index in [0.29, 0.717) is 6.54 Å². The lowest BCUT2D eigenvalue weighted by molar-refractivity contribution is 0.415. The first-order chi connectivity index (χ1) is 15.2. The highest BCUT2D eigenvalue weighted by atomic mass is 16.5. The summed E-state index contributed by atoms with van der Waals surface area (Å²) in [6, 6.07) is 20.6. The third-order valence-corrected chi connectivity index (χ3v) is 5.78. The summed E-state index contributed by atoms with van der Waals surface area (Å²) in [5, 5.41) is 3.40. The zero-order valence-corrected chi connectivity index (χ0v) is 18.1. The lowest BCUT2D eigenvalue weighted by Gasteiger charge is -2.29. The van der Waals surface area contributed by atoms with Crippen molar-refractivity contribution in [3.8, 4) is 28.3 Å². The number of rotatable bonds is 7. The van der Waals surface area contributed by atoms with Crippen LogP contribution >= 0.6 is 0 Å². The average molecular weight is 418 g/mol. The molecule has 3 aromatic rings. The van der Waals surface area contributed by atoms with Gasteiger partial charge in [-0.3, -0.25) is 0 Å². The van der Waals surface area contributed by atoms with Crippen molar-refractivity contribution in [2.75, 3.05) is 44.7 Å². The van der Waals surface area contributed by atoms with Crippen LogP contribution in [0.25, 0.3) is 22.5 Å². The zero-order valence-electron chi connectivity index (χ0n) is 18.1. The Kier molecular flexibility index (Phi) is 6.82. The second kappa shape index (κ2) is 9.92. The molecule has 1 aliphatic rings. The van der Waals surface area contributed by atoms with Gasteiger partial charge in [-0.15, -0.1) is 0 Å². The Labute approximate surface area is 184 Å². The summed E-state index contributed by atoms with van der Waals surface area (Å²) < 4.78 is 5.29. The Morgan fingerprint density at radius 1 is 0.968 bits per heavy atom. The monoisotopic (exact) mass is 417 g/mol. The minimum absolute atomic E-state index is 0.121. The molecule has 0 bridgehead atoms. The molecular weight excluding hydrogens is 386 g/mol. The maximum absolute atomic E-state index is 6.43. The van der Waals surface area contributed by atoms with Crippen LogP contribution in [0.4, 0.5) is 5.69 Å². The average Bonchev–Trinajstić information content (AvgIpc) is 2.84. The van der Waals surface area contributed by atoms with Crippen LogP contribution in [-0.2, 0) is 0 Å². The summed E-state index contributed by atoms with van der Waals surface area (Å²) >= 11 is 0. The highest BCUT2D eigenvalue weighted by molar-refractivity contribution is 5.69. The number of anilines is 1. The van der Waals surface area contributed by atoms with Gasteiger partial charge < -0.3 is 26.4 Å². The highest BCUT2D eigenvalue weighted by Gasteiger charge is 2.14. The summed E-state index contributed by atoms with van der Waals surface area (Å²) in [5.74, 6) is 0.823. The SMILES string of the molecule is COc1ccc(-c2cc(C(N)CCN)cc(-c3ccc(N4CCNCC4)cc3)n2)cc1. The van der Waals surface area contributed by atoms with E-state index in [1.54, 1.807) is 7.11 Å². The number of nitrogens with two attached hydrogens (primary N) is 2. The molecule has 1 atom stereocenters. The minimum atomic E-state index is -0.121. The van der Waals surface area contributed by atoms with Crippen molar-refractivity contribution in [1.29, 1.82) is 0 Å². The van der Waals surface area contributed by atoms with Crippen LogP contribution in [0.1, 0.15) is 18.0 Å². The Morgan fingerprint density at radius 2 is 1.55 bits per heavy atom. The normalized spacial score (nSPS) is 15.0. The molecule has 0 amide bonds. The van der Waals surface area contributed by atoms with Crippen LogP contribution in [0.5, 0.6) is 5.75 Å². The largest absolute Gasteiger partial charge is 0.497 e. The lowest BCUT2D eigenvalue weighted by atomic mass is 9.99. The predicted octanol–water partition coefficient (Wildman–Crippen LogP) is 3.18. The van der Waals surface area contributed by atoms with Gasteiger partial charge in [0.05, 0.1) is 18.5 Å². The summed E-state index contributed by atoms with van der Waals surface area (Å²) in [5.41, 5.74) is 18.4. The molecule has 2 heterocycles. The first-order valence-electron chi connectivity index (χ1n) is 10.9. The molecule has 1 aromatic heterocycles. The molecule has 162 valence electrons. The summed E-state index contributed by atoms with van der Waals surface area (Å²) in [4.78, 5) is 7.37. The van der Waals surface area contributed by atoms with Gasteiger partial charge in [0, 0.05) is 49.0 Å². The summed E-state index contributed by atoms with van der Waals surface area (Å²) in [6.45, 7) is 4.66. The molecule has 6 nitrogen and oxygen atoms in total. The van der Waals surface area contributed by atoms with Gasteiger partial charge in [0.15, 0.2) is 0 Å². The van der Waals surface area contributed by atoms with Crippen molar-refractivity contribution in [2.24, 2.45) is 11.5 Å². The lowest BCUT2D eigenvalue weighted by Crippen LogP contribution is -2.43. The summed E-state index contributed by atoms with van der Waals surface area (Å²) in [6.07, 6.45) is 0.730. The molecule has 6 heteroatoms. The van der Waals surface area contributed by atoms with Gasteiger partial charge in [-0.1, -0.05) is 12.1 Å². The zero-order chi connectivity index (χ0) is 21.6. The second-order valence-corrected chi connectivity index (χ2v) is 7.87. The Balaban J connectivity index is 1.69. The van der Waals surface area contributed by atoms with Crippen molar-refractivity contribution in [2.45, 2.75) is 12.5 Å². The molecule has 5 N–H and O–H groups in total. The number of aromatic nitrogens is 1. The van der Waals surface area contributed by atoms with Crippen LogP contribution in [0.2, 0.25) is 0 Å². The predicted molar refractivity (Wildman–Crippen MR) is 127 cm³/mol. The number of hydrogen-bond donors (Lipinski definition) is 3. The van der Waals surface area contributed by atoms with E-state index in [-0.39, 0.29) is 6.04 Å². The number of pyridine rings is 1. The number of methoxy groups -OCH3 is 1. The maximum Gasteiger partial charge on any atom is 0.118 e. The molecule has 0 aliphatic carbocycles. The third kappa shape index (κ3) is 5.05. The Morgan fingerprint density at radius 3 is 2.10 bits per heavy atom. The van der Waals surface area contributed by atoms with Crippen LogP contribution in [0, 0.1) is 0 Å². The van der Waals surface area contributed by atoms with Crippen molar-refractivity contribution in [1.82, 2.24) is 10.3 Å². The van der Waals surface area contributed by atoms with Crippen molar-refractivity contribution >= 4 is 5.69 Å². The van der Waals surface area contributed by atoms with E-state index < -0.39 is 0 Å². The Bertz CT molecular complexity index is 982. The van der Waals surface area contributed by atoms with Gasteiger partial charge in [-0.25, -0.2) is 4.98 Å². The molecule has 1 saturated heterocycles. The molecule has 0 radical (unpaired) electrons. The number of hydrogen-bond acceptors (Lipinski definition) is 6. The van der Waals surface area contributed by atoms with E-state index in [4.69, 9.17) is 21.2 Å². The van der Waals surface area contributed by atoms with Crippen molar-refractivity contribution in [3.63, 3.8) is 0 Å². The van der Waals surface area contributed by atoms with E-state index in [1.165, 1.54) is 5.69 Å². The fourth-order valence-electron chi connectivity index (χ4n) is 3.94. The molecule has 31 heavy (non-hydrogen) atoms. The molecule has 4 rings (SSSR count). The molecule has 2 aromatic carbocycles. The van der Waals surface area contributed by atoms with Gasteiger partial charge >= 0.3 is 0 Å². The molecule has 1 fully saturated rings. The van der Waals surface area contributed by atoms with Gasteiger partial charge in [0.1, 0.15) is 5.75 Å². The van der Waals surface area contributed by atoms with Gasteiger partial charge in [0.2, 0.25) is 0 Å². The van der Waals surface area contributed by atoms with E-state index in [9.17, 15) is 0 Å². The first kappa shape index (κ1) is 21.3.